The van der Waals surface area contributed by atoms with Crippen molar-refractivity contribution in [3.63, 3.8) is 0 Å². The molecule has 0 heterocycles. The van der Waals surface area contributed by atoms with Crippen LogP contribution in [0.1, 0.15) is 0 Å². The van der Waals surface area contributed by atoms with Crippen molar-refractivity contribution in [2.75, 3.05) is 0 Å². The minimum absolute atomic E-state index is 0. The summed E-state index contributed by atoms with van der Waals surface area (Å²) in [5.74, 6) is 0. The first kappa shape index (κ1) is 44.4. The van der Waals surface area contributed by atoms with Crippen LogP contribution in [0, 0.1) is 39.8 Å². The van der Waals surface area contributed by atoms with E-state index in [4.69, 9.17) is 53.0 Å². The van der Waals surface area contributed by atoms with Crippen LogP contribution in [-0.2, 0) is 40.6 Å². The molecule has 0 fully saturated rings. The van der Waals surface area contributed by atoms with Crippen LogP contribution in [-0.4, -0.2) is 0 Å². The third-order valence-electron chi connectivity index (χ3n) is 0.197. The molecule has 6 nitrogen and oxygen atoms in total. The predicted octanol–water partition coefficient (Wildman–Crippen LogP) is 1.99. The van der Waals surface area contributed by atoms with Crippen molar-refractivity contribution < 1.29 is 40.6 Å². The van der Waals surface area contributed by atoms with E-state index in [1.54, 1.807) is 0 Å². The van der Waals surface area contributed by atoms with E-state index in [-0.39, 0.29) is 22.5 Å². The fourth-order valence-electron chi connectivity index (χ4n) is 0.0244. The van der Waals surface area contributed by atoms with Crippen molar-refractivity contribution >= 4 is 23.2 Å². The molecule has 0 N–H and O–H groups in total. The van der Waals surface area contributed by atoms with Crippen LogP contribution in [0.25, 0.3) is 4.85 Å². The molecule has 0 bridgehead atoms. The van der Waals surface area contributed by atoms with Crippen LogP contribution in [0.5, 0.6) is 0 Å². The van der Waals surface area contributed by atoms with E-state index < -0.39 is 0 Å². The molecule has 0 radical (unpaired) electrons. The van der Waals surface area contributed by atoms with Crippen LogP contribution in [0.4, 0.5) is 0 Å². The van der Waals surface area contributed by atoms with Crippen LogP contribution < -0.4 is 0 Å². The summed E-state index contributed by atoms with van der Waals surface area (Å²) in [6.45, 7) is 28.6. The van der Waals surface area contributed by atoms with E-state index >= 15 is 0 Å². The first-order valence-corrected chi connectivity index (χ1v) is 2.98. The van der Waals surface area contributed by atoms with Crippen LogP contribution in [0.2, 0.25) is 0 Å². The average molecular weight is 314 g/mol. The monoisotopic (exact) mass is 313 g/mol. The standard InChI is InChI=1S/C3HCl2N.5CO.Cr/c1-6-3(5)2-4;5*1-2;/h2H;;;;;;/b3-2+;;;;;;. The van der Waals surface area contributed by atoms with Crippen molar-refractivity contribution in [3.05, 3.63) is 55.4 Å². The summed E-state index contributed by atoms with van der Waals surface area (Å²) in [5, 5.41) is -0.00309. The van der Waals surface area contributed by atoms with Gasteiger partial charge in [0.1, 0.15) is 0 Å². The molecule has 0 atom stereocenters. The molecule has 0 unspecified atom stereocenters. The maximum absolute atomic E-state index is 7.50. The summed E-state index contributed by atoms with van der Waals surface area (Å²) in [5.41, 5.74) is 1.02. The van der Waals surface area contributed by atoms with Crippen LogP contribution >= 0.6 is 23.2 Å². The van der Waals surface area contributed by atoms with Gasteiger partial charge in [-0.25, -0.2) is 4.85 Å². The molecule has 0 spiro atoms. The molecule has 17 heavy (non-hydrogen) atoms. The van der Waals surface area contributed by atoms with E-state index in [1.807, 2.05) is 0 Å². The smallest absolute Gasteiger partial charge is 0 e. The second kappa shape index (κ2) is 182. The van der Waals surface area contributed by atoms with E-state index in [2.05, 4.69) is 38.1 Å². The Morgan fingerprint density at radius 2 is 1.00 bits per heavy atom. The van der Waals surface area contributed by atoms with Crippen molar-refractivity contribution in [2.24, 2.45) is 0 Å². The molecule has 0 aromatic rings. The van der Waals surface area contributed by atoms with Crippen molar-refractivity contribution in [1.82, 2.24) is 0 Å². The molecular formula is C8HCl2CrNO5. The van der Waals surface area contributed by atoms with Crippen LogP contribution in [0.3, 0.4) is 0 Å². The van der Waals surface area contributed by atoms with Gasteiger partial charge < -0.3 is 0 Å². The largest absolute Gasteiger partial charge is 0 e. The summed E-state index contributed by atoms with van der Waals surface area (Å²) < 4.78 is 37.5. The van der Waals surface area contributed by atoms with E-state index in [0.29, 0.717) is 0 Å². The first-order chi connectivity index (χ1) is 7.81. The van der Waals surface area contributed by atoms with Crippen molar-refractivity contribution in [2.45, 2.75) is 0 Å². The molecular weight excluding hydrogens is 313 g/mol. The Morgan fingerprint density at radius 3 is 1.00 bits per heavy atom. The maximum atomic E-state index is 7.50. The molecule has 0 saturated carbocycles. The molecule has 0 rings (SSSR count). The molecule has 0 aliphatic heterocycles. The molecule has 0 saturated heterocycles. The molecule has 0 aliphatic carbocycles. The van der Waals surface area contributed by atoms with Crippen LogP contribution in [0.15, 0.2) is 10.7 Å². The zero-order valence-electron chi connectivity index (χ0n) is 7.73. The van der Waals surface area contributed by atoms with E-state index in [1.165, 1.54) is 0 Å². The van der Waals surface area contributed by atoms with E-state index in [0.717, 1.165) is 5.54 Å². The summed E-state index contributed by atoms with van der Waals surface area (Å²) in [6, 6.07) is 0. The molecule has 88 valence electrons. The minimum Gasteiger partial charge on any atom is 0 e. The fourth-order valence-corrected chi connectivity index (χ4v) is 0.0732. The third-order valence-corrected chi connectivity index (χ3v) is 0.709. The quantitative estimate of drug-likeness (QED) is 0.371. The second-order valence-corrected chi connectivity index (χ2v) is 1.15. The fraction of sp³-hybridized carbons (Fsp3) is 0. The van der Waals surface area contributed by atoms with Gasteiger partial charge in [-0.15, -0.1) is 23.2 Å². The molecule has 0 aliphatic rings. The van der Waals surface area contributed by atoms with Crippen molar-refractivity contribution in [1.29, 1.82) is 0 Å². The van der Waals surface area contributed by atoms with Gasteiger partial charge in [0.2, 0.25) is 0 Å². The Balaban J connectivity index is -0.0000000158. The second-order valence-electron chi connectivity index (χ2n) is 0.544. The normalized spacial score (nSPS) is 4.29. The Morgan fingerprint density at radius 1 is 0.824 bits per heavy atom. The SMILES string of the molecule is [C-]#[N+]/C(Cl)=C/Cl.[C-]#[O+].[C-]#[O+].[C-]#[O+].[C-]#[O+].[C-]#[O+].[Cr]. The molecule has 0 aromatic carbocycles. The summed E-state index contributed by atoms with van der Waals surface area (Å²) in [7, 11) is 0. The zero-order valence-corrected chi connectivity index (χ0v) is 10.5. The van der Waals surface area contributed by atoms with Gasteiger partial charge in [-0.3, -0.25) is 0 Å². The number of rotatable bonds is 0. The van der Waals surface area contributed by atoms with Gasteiger partial charge in [0.25, 0.3) is 5.16 Å². The summed E-state index contributed by atoms with van der Waals surface area (Å²) in [6.07, 6.45) is 0. The number of halogens is 2. The van der Waals surface area contributed by atoms with Gasteiger partial charge in [0.15, 0.2) is 0 Å². The summed E-state index contributed by atoms with van der Waals surface area (Å²) in [4.78, 5) is 2.75. The van der Waals surface area contributed by atoms with Crippen molar-refractivity contribution in [3.8, 4) is 0 Å². The third kappa shape index (κ3) is 276. The van der Waals surface area contributed by atoms with Gasteiger partial charge in [0, 0.05) is 22.9 Å². The predicted molar refractivity (Wildman–Crippen MR) is 46.0 cm³/mol. The minimum atomic E-state index is -0.00309. The maximum Gasteiger partial charge on any atom is 0 e. The number of nitrogens with zero attached hydrogens (tertiary/aromatic N) is 1. The van der Waals surface area contributed by atoms with E-state index in [9.17, 15) is 0 Å². The first-order valence-electron chi connectivity index (χ1n) is 2.16. The zero-order chi connectivity index (χ0) is 15.0. The summed E-state index contributed by atoms with van der Waals surface area (Å²) >= 11 is 9.97. The van der Waals surface area contributed by atoms with Gasteiger partial charge >= 0.3 is 56.5 Å². The Labute approximate surface area is 119 Å². The molecule has 9 heteroatoms. The van der Waals surface area contributed by atoms with Gasteiger partial charge in [-0.05, 0) is 0 Å². The number of hydrogen-bond donors (Lipinski definition) is 0. The Hall–Kier alpha value is -0.958. The molecule has 0 aromatic heterocycles. The van der Waals surface area contributed by atoms with Gasteiger partial charge in [-0.1, -0.05) is 0 Å². The number of hydrogen-bond acceptors (Lipinski definition) is 0. The average Bonchev–Trinajstić information content (AvgIpc) is 2.48. The Kier molecular flexibility index (Phi) is 474. The van der Waals surface area contributed by atoms with Gasteiger partial charge in [-0.2, -0.15) is 0 Å². The Bertz CT molecular complexity index is 240. The molecule has 0 amide bonds. The topological polar surface area (TPSA) is 104 Å². The van der Waals surface area contributed by atoms with Gasteiger partial charge in [0.05, 0.1) is 6.57 Å².